The van der Waals surface area contributed by atoms with Crippen LogP contribution >= 0.6 is 0 Å². The highest BCUT2D eigenvalue weighted by Crippen LogP contribution is 2.21. The largest absolute Gasteiger partial charge is 0.383 e. The summed E-state index contributed by atoms with van der Waals surface area (Å²) in [5.74, 6) is -2.12. The van der Waals surface area contributed by atoms with Gasteiger partial charge in [-0.25, -0.2) is 8.78 Å². The van der Waals surface area contributed by atoms with Gasteiger partial charge in [-0.1, -0.05) is 0 Å². The first-order chi connectivity index (χ1) is 9.04. The summed E-state index contributed by atoms with van der Waals surface area (Å²) >= 11 is 0. The first-order valence-corrected chi connectivity index (χ1v) is 5.88. The van der Waals surface area contributed by atoms with Crippen LogP contribution in [0.25, 0.3) is 0 Å². The summed E-state index contributed by atoms with van der Waals surface area (Å²) in [5.41, 5.74) is -0.328. The molecule has 1 rings (SSSR count). The molecule has 0 aromatic heterocycles. The number of amides is 1. The number of carbonyl (C=O) groups is 1. The Morgan fingerprint density at radius 3 is 2.42 bits per heavy atom. The van der Waals surface area contributed by atoms with Crippen molar-refractivity contribution in [2.75, 3.05) is 25.5 Å². The second-order valence-corrected chi connectivity index (χ2v) is 3.86. The molecule has 0 fully saturated rings. The molecule has 0 aliphatic rings. The Bertz CT molecular complexity index is 488. The predicted molar refractivity (Wildman–Crippen MR) is 67.7 cm³/mol. The number of halogens is 2. The van der Waals surface area contributed by atoms with Gasteiger partial charge in [-0.3, -0.25) is 4.79 Å². The molecule has 0 unspecified atom stereocenters. The summed E-state index contributed by atoms with van der Waals surface area (Å²) in [4.78, 5) is 13.4. The topological polar surface area (TPSA) is 56.1 Å². The number of nitriles is 1. The van der Waals surface area contributed by atoms with Crippen LogP contribution in [0.15, 0.2) is 12.1 Å². The maximum Gasteiger partial charge on any atom is 0.254 e. The SMILES string of the molecule is CCN(CCC#N)C(=O)c1cc(F)c(NC)c(F)c1. The van der Waals surface area contributed by atoms with Crippen molar-refractivity contribution in [3.8, 4) is 6.07 Å². The molecule has 6 heteroatoms. The first-order valence-electron chi connectivity index (χ1n) is 5.88. The number of hydrogen-bond acceptors (Lipinski definition) is 3. The van der Waals surface area contributed by atoms with Crippen LogP contribution in [0.5, 0.6) is 0 Å². The van der Waals surface area contributed by atoms with E-state index >= 15 is 0 Å². The van der Waals surface area contributed by atoms with Gasteiger partial charge in [0.15, 0.2) is 0 Å². The Balaban J connectivity index is 3.02. The van der Waals surface area contributed by atoms with Crippen LogP contribution in [-0.2, 0) is 0 Å². The lowest BCUT2D eigenvalue weighted by atomic mass is 10.1. The van der Waals surface area contributed by atoms with Gasteiger partial charge in [-0.15, -0.1) is 0 Å². The first kappa shape index (κ1) is 14.9. The van der Waals surface area contributed by atoms with Crippen molar-refractivity contribution in [1.82, 2.24) is 4.90 Å². The van der Waals surface area contributed by atoms with Gasteiger partial charge in [-0.2, -0.15) is 5.26 Å². The van der Waals surface area contributed by atoms with Gasteiger partial charge in [0.1, 0.15) is 17.3 Å². The number of benzene rings is 1. The van der Waals surface area contributed by atoms with E-state index in [1.54, 1.807) is 6.92 Å². The van der Waals surface area contributed by atoms with Crippen molar-refractivity contribution in [1.29, 1.82) is 5.26 Å². The summed E-state index contributed by atoms with van der Waals surface area (Å²) < 4.78 is 27.1. The molecule has 0 heterocycles. The zero-order valence-electron chi connectivity index (χ0n) is 10.8. The minimum absolute atomic E-state index is 0.0613. The molecule has 1 aromatic rings. The van der Waals surface area contributed by atoms with Crippen molar-refractivity contribution in [3.05, 3.63) is 29.3 Å². The maximum absolute atomic E-state index is 13.6. The Morgan fingerprint density at radius 2 is 2.00 bits per heavy atom. The van der Waals surface area contributed by atoms with Crippen LogP contribution in [0.1, 0.15) is 23.7 Å². The molecule has 19 heavy (non-hydrogen) atoms. The number of carbonyl (C=O) groups excluding carboxylic acids is 1. The lowest BCUT2D eigenvalue weighted by molar-refractivity contribution is 0.0767. The van der Waals surface area contributed by atoms with E-state index in [1.165, 1.54) is 11.9 Å². The summed E-state index contributed by atoms with van der Waals surface area (Å²) in [6.07, 6.45) is 0.180. The molecule has 102 valence electrons. The fourth-order valence-corrected chi connectivity index (χ4v) is 1.71. The summed E-state index contributed by atoms with van der Waals surface area (Å²) in [7, 11) is 1.40. The number of nitrogens with one attached hydrogen (secondary N) is 1. The molecule has 0 bridgehead atoms. The van der Waals surface area contributed by atoms with Gasteiger partial charge in [-0.05, 0) is 19.1 Å². The van der Waals surface area contributed by atoms with Crippen molar-refractivity contribution >= 4 is 11.6 Å². The van der Waals surface area contributed by atoms with Crippen molar-refractivity contribution in [2.24, 2.45) is 0 Å². The van der Waals surface area contributed by atoms with E-state index in [0.29, 0.717) is 6.54 Å². The van der Waals surface area contributed by atoms with Gasteiger partial charge < -0.3 is 10.2 Å². The molecular formula is C13H15F2N3O. The molecule has 0 saturated carbocycles. The quantitative estimate of drug-likeness (QED) is 0.891. The maximum atomic E-state index is 13.6. The highest BCUT2D eigenvalue weighted by atomic mass is 19.1. The van der Waals surface area contributed by atoms with Crippen LogP contribution in [0.3, 0.4) is 0 Å². The van der Waals surface area contributed by atoms with Crippen molar-refractivity contribution in [3.63, 3.8) is 0 Å². The molecular weight excluding hydrogens is 252 g/mol. The zero-order chi connectivity index (χ0) is 14.4. The van der Waals surface area contributed by atoms with Gasteiger partial charge in [0, 0.05) is 25.7 Å². The van der Waals surface area contributed by atoms with E-state index in [-0.39, 0.29) is 24.2 Å². The Morgan fingerprint density at radius 1 is 1.42 bits per heavy atom. The minimum Gasteiger partial charge on any atom is -0.383 e. The van der Waals surface area contributed by atoms with Crippen LogP contribution in [0.2, 0.25) is 0 Å². The molecule has 0 saturated heterocycles. The third-order valence-electron chi connectivity index (χ3n) is 2.70. The predicted octanol–water partition coefficient (Wildman–Crippen LogP) is 2.38. The number of rotatable bonds is 5. The lowest BCUT2D eigenvalue weighted by Gasteiger charge is -2.20. The van der Waals surface area contributed by atoms with E-state index in [2.05, 4.69) is 5.32 Å². The van der Waals surface area contributed by atoms with E-state index in [9.17, 15) is 13.6 Å². The monoisotopic (exact) mass is 267 g/mol. The van der Waals surface area contributed by atoms with Gasteiger partial charge >= 0.3 is 0 Å². The fraction of sp³-hybridized carbons (Fsp3) is 0.385. The molecule has 1 N–H and O–H groups in total. The van der Waals surface area contributed by atoms with Crippen LogP contribution in [0.4, 0.5) is 14.5 Å². The lowest BCUT2D eigenvalue weighted by Crippen LogP contribution is -2.31. The second kappa shape index (κ2) is 6.69. The van der Waals surface area contributed by atoms with E-state index in [0.717, 1.165) is 12.1 Å². The van der Waals surface area contributed by atoms with Crippen LogP contribution in [-0.4, -0.2) is 30.9 Å². The minimum atomic E-state index is -0.817. The Labute approximate surface area is 110 Å². The van der Waals surface area contributed by atoms with Gasteiger partial charge in [0.25, 0.3) is 5.91 Å². The fourth-order valence-electron chi connectivity index (χ4n) is 1.71. The van der Waals surface area contributed by atoms with Gasteiger partial charge in [0.2, 0.25) is 0 Å². The smallest absolute Gasteiger partial charge is 0.254 e. The molecule has 0 radical (unpaired) electrons. The zero-order valence-corrected chi connectivity index (χ0v) is 10.8. The molecule has 4 nitrogen and oxygen atoms in total. The summed E-state index contributed by atoms with van der Waals surface area (Å²) in [6, 6.07) is 3.91. The van der Waals surface area contributed by atoms with E-state index in [1.807, 2.05) is 6.07 Å². The van der Waals surface area contributed by atoms with Gasteiger partial charge in [0.05, 0.1) is 12.5 Å². The molecule has 1 amide bonds. The standard InChI is InChI=1S/C13H15F2N3O/c1-3-18(6-4-5-16)13(19)9-7-10(14)12(17-2)11(15)8-9/h7-8,17H,3-4,6H2,1-2H3. The number of nitrogens with zero attached hydrogens (tertiary/aromatic N) is 2. The van der Waals surface area contributed by atoms with Crippen LogP contribution < -0.4 is 5.32 Å². The molecule has 0 aliphatic carbocycles. The molecule has 0 spiro atoms. The van der Waals surface area contributed by atoms with Crippen molar-refractivity contribution in [2.45, 2.75) is 13.3 Å². The van der Waals surface area contributed by atoms with E-state index in [4.69, 9.17) is 5.26 Å². The third kappa shape index (κ3) is 3.41. The normalized spacial score (nSPS) is 9.84. The number of hydrogen-bond donors (Lipinski definition) is 1. The summed E-state index contributed by atoms with van der Waals surface area (Å²) in [6.45, 7) is 2.35. The highest BCUT2D eigenvalue weighted by Gasteiger charge is 2.18. The van der Waals surface area contributed by atoms with Crippen LogP contribution in [0, 0.1) is 23.0 Å². The average molecular weight is 267 g/mol. The second-order valence-electron chi connectivity index (χ2n) is 3.86. The summed E-state index contributed by atoms with van der Waals surface area (Å²) in [5, 5.41) is 10.9. The van der Waals surface area contributed by atoms with Crippen molar-refractivity contribution < 1.29 is 13.6 Å². The average Bonchev–Trinajstić information content (AvgIpc) is 2.39. The Hall–Kier alpha value is -2.16. The number of anilines is 1. The molecule has 0 atom stereocenters. The molecule has 1 aromatic carbocycles. The third-order valence-corrected chi connectivity index (χ3v) is 2.70. The highest BCUT2D eigenvalue weighted by molar-refractivity contribution is 5.94. The van der Waals surface area contributed by atoms with E-state index < -0.39 is 17.5 Å². The molecule has 0 aliphatic heterocycles. The Kier molecular flexibility index (Phi) is 5.24.